The van der Waals surface area contributed by atoms with Gasteiger partial charge in [0.2, 0.25) is 5.91 Å². The molecule has 1 fully saturated rings. The average Bonchev–Trinajstić information content (AvgIpc) is 3.27. The average molecular weight is 375 g/mol. The number of hydrogen-bond acceptors (Lipinski definition) is 6. The van der Waals surface area contributed by atoms with E-state index in [1.54, 1.807) is 26.5 Å². The number of halogens is 1. The molecule has 4 rings (SSSR count). The highest BCUT2D eigenvalue weighted by Gasteiger charge is 2.28. The fourth-order valence-electron chi connectivity index (χ4n) is 2.96. The number of imidazole rings is 1. The molecule has 3 aromatic heterocycles. The first-order chi connectivity index (χ1) is 12.6. The lowest BCUT2D eigenvalue weighted by Gasteiger charge is -2.34. The summed E-state index contributed by atoms with van der Waals surface area (Å²) in [5, 5.41) is 10.9. The van der Waals surface area contributed by atoms with Crippen LogP contribution in [0.5, 0.6) is 0 Å². The van der Waals surface area contributed by atoms with Crippen molar-refractivity contribution in [1.29, 1.82) is 0 Å². The van der Waals surface area contributed by atoms with Gasteiger partial charge in [-0.15, -0.1) is 5.10 Å². The zero-order valence-corrected chi connectivity index (χ0v) is 14.5. The summed E-state index contributed by atoms with van der Waals surface area (Å²) in [4.78, 5) is 32.7. The number of nitrogens with zero attached hydrogens (tertiary/aromatic N) is 8. The highest BCUT2D eigenvalue weighted by molar-refractivity contribution is 6.32. The van der Waals surface area contributed by atoms with E-state index in [0.717, 1.165) is 0 Å². The van der Waals surface area contributed by atoms with E-state index >= 15 is 0 Å². The Labute approximate surface area is 153 Å². The number of amides is 2. The molecule has 0 atom stereocenters. The maximum Gasteiger partial charge on any atom is 0.274 e. The third kappa shape index (κ3) is 2.99. The Morgan fingerprint density at radius 1 is 1.12 bits per heavy atom. The van der Waals surface area contributed by atoms with E-state index < -0.39 is 0 Å². The number of carbonyl (C=O) groups excluding carboxylic acids is 2. The van der Waals surface area contributed by atoms with Crippen LogP contribution in [0.1, 0.15) is 10.5 Å². The molecule has 0 N–H and O–H groups in total. The predicted molar refractivity (Wildman–Crippen MR) is 90.5 cm³/mol. The molecule has 3 aromatic rings. The van der Waals surface area contributed by atoms with Gasteiger partial charge in [0.05, 0.1) is 0 Å². The number of piperazine rings is 1. The molecule has 1 aliphatic heterocycles. The summed E-state index contributed by atoms with van der Waals surface area (Å²) < 4.78 is 3.05. The number of hydrogen-bond donors (Lipinski definition) is 0. The number of rotatable bonds is 3. The van der Waals surface area contributed by atoms with Crippen molar-refractivity contribution in [3.63, 3.8) is 0 Å². The Morgan fingerprint density at radius 3 is 2.62 bits per heavy atom. The van der Waals surface area contributed by atoms with Crippen molar-refractivity contribution in [2.24, 2.45) is 0 Å². The first kappa shape index (κ1) is 16.5. The van der Waals surface area contributed by atoms with Gasteiger partial charge in [0.1, 0.15) is 18.5 Å². The molecule has 26 heavy (non-hydrogen) atoms. The van der Waals surface area contributed by atoms with Gasteiger partial charge in [0.25, 0.3) is 5.91 Å². The summed E-state index contributed by atoms with van der Waals surface area (Å²) in [6, 6.07) is 5.44. The second-order valence-electron chi connectivity index (χ2n) is 5.86. The van der Waals surface area contributed by atoms with Crippen LogP contribution in [0.3, 0.4) is 0 Å². The molecule has 0 saturated carbocycles. The Morgan fingerprint density at radius 2 is 1.88 bits per heavy atom. The van der Waals surface area contributed by atoms with Crippen LogP contribution in [0.25, 0.3) is 5.65 Å². The number of fused-ring (bicyclic) bond motifs is 1. The van der Waals surface area contributed by atoms with E-state index in [1.807, 2.05) is 12.1 Å². The highest BCUT2D eigenvalue weighted by Crippen LogP contribution is 2.20. The van der Waals surface area contributed by atoms with E-state index in [9.17, 15) is 9.59 Å². The van der Waals surface area contributed by atoms with Gasteiger partial charge in [0.15, 0.2) is 10.8 Å². The zero-order valence-electron chi connectivity index (χ0n) is 13.7. The van der Waals surface area contributed by atoms with Crippen molar-refractivity contribution < 1.29 is 9.59 Å². The van der Waals surface area contributed by atoms with Gasteiger partial charge in [-0.1, -0.05) is 17.7 Å². The quantitative estimate of drug-likeness (QED) is 0.637. The maximum atomic E-state index is 12.9. The minimum atomic E-state index is -0.193. The largest absolute Gasteiger partial charge is 0.338 e. The van der Waals surface area contributed by atoms with Crippen molar-refractivity contribution in [3.05, 3.63) is 41.6 Å². The fourth-order valence-corrected chi connectivity index (χ4v) is 3.22. The summed E-state index contributed by atoms with van der Waals surface area (Å²) in [6.45, 7) is 1.83. The maximum absolute atomic E-state index is 12.9. The molecule has 0 aliphatic carbocycles. The lowest BCUT2D eigenvalue weighted by Crippen LogP contribution is -2.51. The van der Waals surface area contributed by atoms with Gasteiger partial charge < -0.3 is 9.80 Å². The van der Waals surface area contributed by atoms with Crippen molar-refractivity contribution in [1.82, 2.24) is 39.4 Å². The Balaban J connectivity index is 1.43. The van der Waals surface area contributed by atoms with Crippen LogP contribution in [0, 0.1) is 0 Å². The van der Waals surface area contributed by atoms with Crippen LogP contribution in [0.2, 0.25) is 5.15 Å². The summed E-state index contributed by atoms with van der Waals surface area (Å²) in [5.74, 6) is -0.279. The number of pyridine rings is 1. The normalized spacial score (nSPS) is 14.8. The topological polar surface area (TPSA) is 102 Å². The van der Waals surface area contributed by atoms with Crippen molar-refractivity contribution in [2.45, 2.75) is 6.54 Å². The number of tetrazole rings is 1. The minimum absolute atomic E-state index is 0.0834. The molecule has 0 unspecified atom stereocenters. The minimum Gasteiger partial charge on any atom is -0.338 e. The molecule has 1 aliphatic rings. The van der Waals surface area contributed by atoms with Crippen LogP contribution in [0.4, 0.5) is 0 Å². The Bertz CT molecular complexity index is 946. The van der Waals surface area contributed by atoms with Gasteiger partial charge in [-0.2, -0.15) is 0 Å². The van der Waals surface area contributed by atoms with E-state index in [-0.39, 0.29) is 23.5 Å². The van der Waals surface area contributed by atoms with Crippen LogP contribution >= 0.6 is 11.6 Å². The van der Waals surface area contributed by atoms with Gasteiger partial charge in [0, 0.05) is 32.4 Å². The third-order valence-electron chi connectivity index (χ3n) is 4.30. The molecule has 0 spiro atoms. The smallest absolute Gasteiger partial charge is 0.274 e. The van der Waals surface area contributed by atoms with E-state index in [2.05, 4.69) is 20.5 Å². The number of aromatic nitrogens is 6. The van der Waals surface area contributed by atoms with Gasteiger partial charge in [-0.25, -0.2) is 9.67 Å². The monoisotopic (exact) mass is 374 g/mol. The van der Waals surface area contributed by atoms with Crippen molar-refractivity contribution >= 4 is 29.1 Å². The molecule has 10 nitrogen and oxygen atoms in total. The molecular weight excluding hydrogens is 360 g/mol. The zero-order chi connectivity index (χ0) is 18.1. The third-order valence-corrected chi connectivity index (χ3v) is 4.56. The molecule has 0 radical (unpaired) electrons. The predicted octanol–water partition coefficient (Wildman–Crippen LogP) is -0.0412. The molecular formula is C15H15ClN8O2. The summed E-state index contributed by atoms with van der Waals surface area (Å²) in [5.41, 5.74) is 0.965. The molecule has 134 valence electrons. The first-order valence-electron chi connectivity index (χ1n) is 8.04. The van der Waals surface area contributed by atoms with Gasteiger partial charge in [-0.05, 0) is 22.6 Å². The summed E-state index contributed by atoms with van der Waals surface area (Å²) in [7, 11) is 0. The lowest BCUT2D eigenvalue weighted by molar-refractivity contribution is -0.133. The van der Waals surface area contributed by atoms with Crippen molar-refractivity contribution in [2.75, 3.05) is 26.2 Å². The molecule has 0 aromatic carbocycles. The Kier molecular flexibility index (Phi) is 4.25. The second kappa shape index (κ2) is 6.71. The summed E-state index contributed by atoms with van der Waals surface area (Å²) in [6.07, 6.45) is 3.15. The highest BCUT2D eigenvalue weighted by atomic mass is 35.5. The Hall–Kier alpha value is -3.01. The van der Waals surface area contributed by atoms with E-state index in [1.165, 1.54) is 11.0 Å². The van der Waals surface area contributed by atoms with Crippen molar-refractivity contribution in [3.8, 4) is 0 Å². The van der Waals surface area contributed by atoms with E-state index in [4.69, 9.17) is 11.6 Å². The SMILES string of the molecule is O=C(Cn1cnnn1)N1CCN(C(=O)c2c(Cl)nc3ccccn23)CC1. The van der Waals surface area contributed by atoms with Crippen LogP contribution < -0.4 is 0 Å². The fraction of sp³-hybridized carbons (Fsp3) is 0.333. The first-order valence-corrected chi connectivity index (χ1v) is 8.41. The molecule has 2 amide bonds. The van der Waals surface area contributed by atoms with Gasteiger partial charge in [-0.3, -0.25) is 14.0 Å². The van der Waals surface area contributed by atoms with Gasteiger partial charge >= 0.3 is 0 Å². The molecule has 1 saturated heterocycles. The molecule has 4 heterocycles. The second-order valence-corrected chi connectivity index (χ2v) is 6.22. The van der Waals surface area contributed by atoms with E-state index in [0.29, 0.717) is 37.5 Å². The molecule has 0 bridgehead atoms. The van der Waals surface area contributed by atoms with Crippen LogP contribution in [-0.4, -0.2) is 77.4 Å². The summed E-state index contributed by atoms with van der Waals surface area (Å²) >= 11 is 6.17. The number of carbonyl (C=O) groups is 2. The van der Waals surface area contributed by atoms with Crippen LogP contribution in [-0.2, 0) is 11.3 Å². The standard InChI is InChI=1S/C15H15ClN8O2/c16-14-13(24-4-2-1-3-11(24)18-14)15(26)22-7-5-21(6-8-22)12(25)9-23-10-17-19-20-23/h1-4,10H,5-9H2. The molecule has 11 heteroatoms. The lowest BCUT2D eigenvalue weighted by atomic mass is 10.2. The van der Waals surface area contributed by atoms with Crippen LogP contribution in [0.15, 0.2) is 30.7 Å².